The van der Waals surface area contributed by atoms with Crippen molar-refractivity contribution in [3.05, 3.63) is 47.5 Å². The second-order valence-electron chi connectivity index (χ2n) is 5.70. The van der Waals surface area contributed by atoms with E-state index in [4.69, 9.17) is 4.74 Å². The van der Waals surface area contributed by atoms with E-state index < -0.39 is 0 Å². The second-order valence-corrected chi connectivity index (χ2v) is 5.70. The molecule has 1 N–H and O–H groups in total. The van der Waals surface area contributed by atoms with Gasteiger partial charge in [-0.1, -0.05) is 0 Å². The molecule has 3 heterocycles. The zero-order valence-corrected chi connectivity index (χ0v) is 12.8. The first kappa shape index (κ1) is 14.7. The Morgan fingerprint density at radius 1 is 1.41 bits per heavy atom. The number of rotatable bonds is 4. The highest BCUT2D eigenvalue weighted by atomic mass is 16.5. The predicted molar refractivity (Wildman–Crippen MR) is 81.4 cm³/mol. The fourth-order valence-corrected chi connectivity index (χ4v) is 2.75. The molecule has 1 saturated heterocycles. The van der Waals surface area contributed by atoms with Crippen molar-refractivity contribution in [3.8, 4) is 0 Å². The lowest BCUT2D eigenvalue weighted by Crippen LogP contribution is -2.40. The smallest absolute Gasteiger partial charge is 0.255 e. The molecule has 22 heavy (non-hydrogen) atoms. The molecule has 0 unspecified atom stereocenters. The van der Waals surface area contributed by atoms with Crippen LogP contribution in [0.25, 0.3) is 0 Å². The summed E-state index contributed by atoms with van der Waals surface area (Å²) in [4.78, 5) is 16.4. The predicted octanol–water partition coefficient (Wildman–Crippen LogP) is 1.11. The van der Waals surface area contributed by atoms with Gasteiger partial charge in [0.05, 0.1) is 31.0 Å². The lowest BCUT2D eigenvalue weighted by molar-refractivity contribution is 0.0924. The average molecular weight is 300 g/mol. The minimum Gasteiger partial charge on any atom is -0.379 e. The Bertz CT molecular complexity index is 653. The lowest BCUT2D eigenvalue weighted by atomic mass is 9.95. The van der Waals surface area contributed by atoms with E-state index in [1.165, 1.54) is 5.56 Å². The number of nitrogens with one attached hydrogen (secondary N) is 1. The van der Waals surface area contributed by atoms with Gasteiger partial charge < -0.3 is 10.1 Å². The van der Waals surface area contributed by atoms with Crippen LogP contribution in [0.2, 0.25) is 0 Å². The van der Waals surface area contributed by atoms with E-state index in [9.17, 15) is 4.79 Å². The summed E-state index contributed by atoms with van der Waals surface area (Å²) in [5.74, 6) is 0.198. The SMILES string of the molecule is Cc1c(C(=O)N[C@H]2COC[C@H]2Cc2ccncc2)cnn1C. The number of aryl methyl sites for hydroxylation is 1. The molecule has 1 amide bonds. The minimum absolute atomic E-state index is 0.0280. The van der Waals surface area contributed by atoms with Crippen molar-refractivity contribution in [3.63, 3.8) is 0 Å². The summed E-state index contributed by atoms with van der Waals surface area (Å²) in [6.45, 7) is 3.11. The minimum atomic E-state index is -0.0826. The Kier molecular flexibility index (Phi) is 4.20. The van der Waals surface area contributed by atoms with Crippen LogP contribution in [0.4, 0.5) is 0 Å². The highest BCUT2D eigenvalue weighted by Crippen LogP contribution is 2.19. The van der Waals surface area contributed by atoms with Gasteiger partial charge >= 0.3 is 0 Å². The third-order valence-corrected chi connectivity index (χ3v) is 4.24. The van der Waals surface area contributed by atoms with Crippen molar-refractivity contribution in [2.75, 3.05) is 13.2 Å². The molecule has 2 atom stereocenters. The molecule has 116 valence electrons. The van der Waals surface area contributed by atoms with Gasteiger partial charge in [0.15, 0.2) is 0 Å². The van der Waals surface area contributed by atoms with E-state index >= 15 is 0 Å². The highest BCUT2D eigenvalue weighted by molar-refractivity contribution is 5.95. The number of amides is 1. The molecular weight excluding hydrogens is 280 g/mol. The van der Waals surface area contributed by atoms with Gasteiger partial charge in [0.25, 0.3) is 5.91 Å². The number of nitrogens with zero attached hydrogens (tertiary/aromatic N) is 3. The molecule has 0 aliphatic carbocycles. The first-order chi connectivity index (χ1) is 10.6. The number of pyridine rings is 1. The van der Waals surface area contributed by atoms with E-state index in [1.54, 1.807) is 23.3 Å². The maximum absolute atomic E-state index is 12.4. The molecule has 2 aromatic rings. The van der Waals surface area contributed by atoms with E-state index in [-0.39, 0.29) is 17.9 Å². The van der Waals surface area contributed by atoms with Gasteiger partial charge in [-0.05, 0) is 31.0 Å². The van der Waals surface area contributed by atoms with Crippen LogP contribution in [-0.4, -0.2) is 39.9 Å². The van der Waals surface area contributed by atoms with Crippen molar-refractivity contribution in [1.29, 1.82) is 0 Å². The number of hydrogen-bond donors (Lipinski definition) is 1. The molecule has 0 aromatic carbocycles. The maximum atomic E-state index is 12.4. The fourth-order valence-electron chi connectivity index (χ4n) is 2.75. The van der Waals surface area contributed by atoms with Gasteiger partial charge in [-0.3, -0.25) is 14.5 Å². The Labute approximate surface area is 129 Å². The summed E-state index contributed by atoms with van der Waals surface area (Å²) >= 11 is 0. The molecule has 2 aromatic heterocycles. The molecular formula is C16H20N4O2. The number of carbonyl (C=O) groups excluding carboxylic acids is 1. The Hall–Kier alpha value is -2.21. The molecule has 0 spiro atoms. The summed E-state index contributed by atoms with van der Waals surface area (Å²) in [5.41, 5.74) is 2.70. The van der Waals surface area contributed by atoms with Crippen LogP contribution in [0.5, 0.6) is 0 Å². The van der Waals surface area contributed by atoms with Crippen LogP contribution in [0.15, 0.2) is 30.7 Å². The van der Waals surface area contributed by atoms with Gasteiger partial charge in [0, 0.05) is 31.1 Å². The van der Waals surface area contributed by atoms with Crippen molar-refractivity contribution < 1.29 is 9.53 Å². The van der Waals surface area contributed by atoms with E-state index in [0.29, 0.717) is 18.8 Å². The normalized spacial score (nSPS) is 21.0. The zero-order valence-electron chi connectivity index (χ0n) is 12.8. The largest absolute Gasteiger partial charge is 0.379 e. The summed E-state index contributed by atoms with van der Waals surface area (Å²) in [5, 5.41) is 7.20. The van der Waals surface area contributed by atoms with Crippen molar-refractivity contribution in [2.24, 2.45) is 13.0 Å². The van der Waals surface area contributed by atoms with Gasteiger partial charge in [0.2, 0.25) is 0 Å². The number of hydrogen-bond acceptors (Lipinski definition) is 4. The molecule has 0 bridgehead atoms. The summed E-state index contributed by atoms with van der Waals surface area (Å²) in [6.07, 6.45) is 6.06. The third-order valence-electron chi connectivity index (χ3n) is 4.24. The van der Waals surface area contributed by atoms with Crippen LogP contribution in [0, 0.1) is 12.8 Å². The van der Waals surface area contributed by atoms with Crippen LogP contribution >= 0.6 is 0 Å². The zero-order chi connectivity index (χ0) is 15.5. The third kappa shape index (κ3) is 3.01. The summed E-state index contributed by atoms with van der Waals surface area (Å²) in [6, 6.07) is 4.03. The van der Waals surface area contributed by atoms with Crippen molar-refractivity contribution in [2.45, 2.75) is 19.4 Å². The summed E-state index contributed by atoms with van der Waals surface area (Å²) in [7, 11) is 1.83. The van der Waals surface area contributed by atoms with Gasteiger partial charge in [-0.25, -0.2) is 0 Å². The highest BCUT2D eigenvalue weighted by Gasteiger charge is 2.30. The number of carbonyl (C=O) groups is 1. The first-order valence-electron chi connectivity index (χ1n) is 7.41. The van der Waals surface area contributed by atoms with Crippen molar-refractivity contribution >= 4 is 5.91 Å². The van der Waals surface area contributed by atoms with Crippen LogP contribution < -0.4 is 5.32 Å². The molecule has 0 radical (unpaired) electrons. The average Bonchev–Trinajstić information content (AvgIpc) is 3.08. The van der Waals surface area contributed by atoms with Gasteiger partial charge in [-0.2, -0.15) is 5.10 Å². The monoisotopic (exact) mass is 300 g/mol. The van der Waals surface area contributed by atoms with Gasteiger partial charge in [0.1, 0.15) is 0 Å². The Morgan fingerprint density at radius 3 is 2.86 bits per heavy atom. The first-order valence-corrected chi connectivity index (χ1v) is 7.41. The maximum Gasteiger partial charge on any atom is 0.255 e. The van der Waals surface area contributed by atoms with E-state index in [2.05, 4.69) is 15.4 Å². The molecule has 0 saturated carbocycles. The quantitative estimate of drug-likeness (QED) is 0.918. The molecule has 6 nitrogen and oxygen atoms in total. The van der Waals surface area contributed by atoms with Gasteiger partial charge in [-0.15, -0.1) is 0 Å². The Balaban J connectivity index is 1.66. The van der Waals surface area contributed by atoms with Crippen LogP contribution in [0.3, 0.4) is 0 Å². The lowest BCUT2D eigenvalue weighted by Gasteiger charge is -2.19. The molecule has 1 aliphatic heterocycles. The number of ether oxygens (including phenoxy) is 1. The topological polar surface area (TPSA) is 69.0 Å². The van der Waals surface area contributed by atoms with Crippen molar-refractivity contribution in [1.82, 2.24) is 20.1 Å². The van der Waals surface area contributed by atoms with E-state index in [0.717, 1.165) is 12.1 Å². The van der Waals surface area contributed by atoms with E-state index in [1.807, 2.05) is 26.1 Å². The molecule has 1 aliphatic rings. The number of aromatic nitrogens is 3. The molecule has 6 heteroatoms. The summed E-state index contributed by atoms with van der Waals surface area (Å²) < 4.78 is 7.27. The molecule has 3 rings (SSSR count). The second kappa shape index (κ2) is 6.27. The standard InChI is InChI=1S/C16H20N4O2/c1-11-14(8-18-20(11)2)16(21)19-15-10-22-9-13(15)7-12-3-5-17-6-4-12/h3-6,8,13,15H,7,9-10H2,1-2H3,(H,19,21)/t13-,15+/m1/s1. The van der Waals surface area contributed by atoms with Crippen LogP contribution in [0.1, 0.15) is 21.6 Å². The van der Waals surface area contributed by atoms with Crippen LogP contribution in [-0.2, 0) is 18.2 Å². The fraction of sp³-hybridized carbons (Fsp3) is 0.438. The Morgan fingerprint density at radius 2 is 2.18 bits per heavy atom. The molecule has 1 fully saturated rings.